The number of benzene rings is 1. The largest absolute Gasteiger partial charge is 0.284 e. The SMILES string of the molecule is CCCc1cc(-n2cc(-c3ccc(NS(C)(=O)=O)cc3Cl)cn2)ccn1. The van der Waals surface area contributed by atoms with Crippen LogP contribution in [0.15, 0.2) is 48.9 Å². The van der Waals surface area contributed by atoms with E-state index in [0.717, 1.165) is 41.6 Å². The summed E-state index contributed by atoms with van der Waals surface area (Å²) < 4.78 is 26.8. The molecule has 1 aromatic carbocycles. The van der Waals surface area contributed by atoms with Gasteiger partial charge in [-0.3, -0.25) is 9.71 Å². The van der Waals surface area contributed by atoms with Crippen LogP contribution in [0.4, 0.5) is 5.69 Å². The van der Waals surface area contributed by atoms with Crippen molar-refractivity contribution in [3.05, 3.63) is 59.6 Å². The Bertz CT molecular complexity index is 1030. The van der Waals surface area contributed by atoms with Crippen LogP contribution in [0.2, 0.25) is 5.02 Å². The van der Waals surface area contributed by atoms with Gasteiger partial charge in [-0.15, -0.1) is 0 Å². The molecule has 0 amide bonds. The number of rotatable bonds is 6. The van der Waals surface area contributed by atoms with Crippen LogP contribution in [0.5, 0.6) is 0 Å². The predicted molar refractivity (Wildman–Crippen MR) is 104 cm³/mol. The topological polar surface area (TPSA) is 76.9 Å². The van der Waals surface area contributed by atoms with Crippen molar-refractivity contribution in [1.29, 1.82) is 0 Å². The molecule has 136 valence electrons. The van der Waals surface area contributed by atoms with E-state index in [1.807, 2.05) is 18.3 Å². The Morgan fingerprint density at radius 3 is 2.73 bits per heavy atom. The van der Waals surface area contributed by atoms with Crippen molar-refractivity contribution in [2.24, 2.45) is 0 Å². The second-order valence-corrected chi connectivity index (χ2v) is 8.15. The van der Waals surface area contributed by atoms with Crippen molar-refractivity contribution < 1.29 is 8.42 Å². The zero-order chi connectivity index (χ0) is 18.7. The fourth-order valence-corrected chi connectivity index (χ4v) is 3.48. The molecule has 1 N–H and O–H groups in total. The smallest absolute Gasteiger partial charge is 0.229 e. The van der Waals surface area contributed by atoms with Crippen molar-refractivity contribution in [2.45, 2.75) is 19.8 Å². The van der Waals surface area contributed by atoms with Crippen LogP contribution in [-0.4, -0.2) is 29.4 Å². The van der Waals surface area contributed by atoms with Crippen molar-refractivity contribution in [1.82, 2.24) is 14.8 Å². The predicted octanol–water partition coefficient (Wildman–Crippen LogP) is 3.91. The molecule has 26 heavy (non-hydrogen) atoms. The molecule has 0 aliphatic carbocycles. The van der Waals surface area contributed by atoms with Gasteiger partial charge in [0.1, 0.15) is 0 Å². The molecule has 0 atom stereocenters. The molecule has 0 aliphatic heterocycles. The molecule has 0 saturated carbocycles. The Balaban J connectivity index is 1.89. The number of hydrogen-bond donors (Lipinski definition) is 1. The summed E-state index contributed by atoms with van der Waals surface area (Å²) >= 11 is 6.33. The van der Waals surface area contributed by atoms with Crippen LogP contribution >= 0.6 is 11.6 Å². The van der Waals surface area contributed by atoms with Crippen molar-refractivity contribution >= 4 is 27.3 Å². The number of aryl methyl sites for hydroxylation is 1. The number of pyridine rings is 1. The highest BCUT2D eigenvalue weighted by molar-refractivity contribution is 7.92. The quantitative estimate of drug-likeness (QED) is 0.692. The van der Waals surface area contributed by atoms with Crippen LogP contribution in [0.1, 0.15) is 19.0 Å². The first kappa shape index (κ1) is 18.4. The Labute approximate surface area is 157 Å². The van der Waals surface area contributed by atoms with Gasteiger partial charge in [-0.1, -0.05) is 31.0 Å². The lowest BCUT2D eigenvalue weighted by molar-refractivity contribution is 0.607. The van der Waals surface area contributed by atoms with Crippen LogP contribution in [0, 0.1) is 0 Å². The minimum Gasteiger partial charge on any atom is -0.284 e. The molecule has 3 rings (SSSR count). The van der Waals surface area contributed by atoms with E-state index in [1.54, 1.807) is 35.3 Å². The van der Waals surface area contributed by atoms with Gasteiger partial charge in [0.25, 0.3) is 0 Å². The van der Waals surface area contributed by atoms with Crippen molar-refractivity contribution in [2.75, 3.05) is 11.0 Å². The lowest BCUT2D eigenvalue weighted by atomic mass is 10.1. The van der Waals surface area contributed by atoms with E-state index in [9.17, 15) is 8.42 Å². The fraction of sp³-hybridized carbons (Fsp3) is 0.222. The highest BCUT2D eigenvalue weighted by Crippen LogP contribution is 2.30. The first-order valence-corrected chi connectivity index (χ1v) is 10.4. The summed E-state index contributed by atoms with van der Waals surface area (Å²) in [5.74, 6) is 0. The van der Waals surface area contributed by atoms with Crippen LogP contribution < -0.4 is 4.72 Å². The van der Waals surface area contributed by atoms with Crippen LogP contribution in [-0.2, 0) is 16.4 Å². The van der Waals surface area contributed by atoms with E-state index in [-0.39, 0.29) is 0 Å². The summed E-state index contributed by atoms with van der Waals surface area (Å²) in [4.78, 5) is 4.35. The molecule has 2 heterocycles. The van der Waals surface area contributed by atoms with Gasteiger partial charge in [0, 0.05) is 34.9 Å². The van der Waals surface area contributed by atoms with Gasteiger partial charge in [0.05, 0.1) is 23.2 Å². The third-order valence-corrected chi connectivity index (χ3v) is 4.66. The maximum absolute atomic E-state index is 11.3. The van der Waals surface area contributed by atoms with E-state index in [2.05, 4.69) is 21.7 Å². The van der Waals surface area contributed by atoms with Crippen molar-refractivity contribution in [3.8, 4) is 16.8 Å². The van der Waals surface area contributed by atoms with Crippen LogP contribution in [0.25, 0.3) is 16.8 Å². The number of hydrogen-bond acceptors (Lipinski definition) is 4. The molecular weight excluding hydrogens is 372 g/mol. The van der Waals surface area contributed by atoms with E-state index in [1.165, 1.54) is 0 Å². The molecule has 0 spiro atoms. The van der Waals surface area contributed by atoms with Gasteiger partial charge >= 0.3 is 0 Å². The van der Waals surface area contributed by atoms with Gasteiger partial charge in [0.2, 0.25) is 10.0 Å². The number of anilines is 1. The summed E-state index contributed by atoms with van der Waals surface area (Å²) in [6, 6.07) is 8.94. The summed E-state index contributed by atoms with van der Waals surface area (Å²) in [5.41, 5.74) is 4.00. The molecule has 8 heteroatoms. The maximum atomic E-state index is 11.3. The second kappa shape index (κ2) is 7.47. The van der Waals surface area contributed by atoms with Gasteiger partial charge in [-0.05, 0) is 30.7 Å². The molecule has 0 bridgehead atoms. The summed E-state index contributed by atoms with van der Waals surface area (Å²) in [7, 11) is -3.34. The van der Waals surface area contributed by atoms with Crippen molar-refractivity contribution in [3.63, 3.8) is 0 Å². The molecule has 3 aromatic rings. The van der Waals surface area contributed by atoms with E-state index in [4.69, 9.17) is 11.6 Å². The molecule has 0 saturated heterocycles. The van der Waals surface area contributed by atoms with E-state index >= 15 is 0 Å². The third-order valence-electron chi connectivity index (χ3n) is 3.74. The standard InChI is InChI=1S/C18H19ClN4O2S/c1-3-4-14-9-16(7-8-20-14)23-12-13(11-21-23)17-6-5-15(10-18(17)19)22-26(2,24)25/h5-12,22H,3-4H2,1-2H3. The van der Waals surface area contributed by atoms with Gasteiger partial charge in [0.15, 0.2) is 0 Å². The second-order valence-electron chi connectivity index (χ2n) is 6.00. The minimum atomic E-state index is -3.34. The highest BCUT2D eigenvalue weighted by atomic mass is 35.5. The summed E-state index contributed by atoms with van der Waals surface area (Å²) in [6.45, 7) is 2.12. The number of halogens is 1. The van der Waals surface area contributed by atoms with Gasteiger partial charge in [-0.25, -0.2) is 13.1 Å². The zero-order valence-corrected chi connectivity index (χ0v) is 16.0. The van der Waals surface area contributed by atoms with Gasteiger partial charge < -0.3 is 0 Å². The number of sulfonamides is 1. The number of aromatic nitrogens is 3. The lowest BCUT2D eigenvalue weighted by Gasteiger charge is -2.07. The first-order valence-electron chi connectivity index (χ1n) is 8.13. The highest BCUT2D eigenvalue weighted by Gasteiger charge is 2.10. The fourth-order valence-electron chi connectivity index (χ4n) is 2.63. The Kier molecular flexibility index (Phi) is 5.29. The van der Waals surface area contributed by atoms with Crippen LogP contribution in [0.3, 0.4) is 0 Å². The molecule has 0 unspecified atom stereocenters. The van der Waals surface area contributed by atoms with Gasteiger partial charge in [-0.2, -0.15) is 5.10 Å². The zero-order valence-electron chi connectivity index (χ0n) is 14.5. The maximum Gasteiger partial charge on any atom is 0.229 e. The number of nitrogens with zero attached hydrogens (tertiary/aromatic N) is 3. The lowest BCUT2D eigenvalue weighted by Crippen LogP contribution is -2.09. The third kappa shape index (κ3) is 4.42. The number of nitrogens with one attached hydrogen (secondary N) is 1. The average Bonchev–Trinajstić information content (AvgIpc) is 3.04. The first-order chi connectivity index (χ1) is 12.4. The Morgan fingerprint density at radius 1 is 1.23 bits per heavy atom. The normalized spacial score (nSPS) is 11.5. The molecular formula is C18H19ClN4O2S. The molecule has 6 nitrogen and oxygen atoms in total. The van der Waals surface area contributed by atoms with E-state index in [0.29, 0.717) is 10.7 Å². The van der Waals surface area contributed by atoms with E-state index < -0.39 is 10.0 Å². The molecule has 0 radical (unpaired) electrons. The molecule has 0 aliphatic rings. The summed E-state index contributed by atoms with van der Waals surface area (Å²) in [6.07, 6.45) is 8.44. The minimum absolute atomic E-state index is 0.423. The average molecular weight is 391 g/mol. The monoisotopic (exact) mass is 390 g/mol. The summed E-state index contributed by atoms with van der Waals surface area (Å²) in [5, 5.41) is 4.85. The Hall–Kier alpha value is -2.38. The molecule has 2 aromatic heterocycles. The Morgan fingerprint density at radius 2 is 2.04 bits per heavy atom. The molecule has 0 fully saturated rings.